The van der Waals surface area contributed by atoms with Crippen molar-refractivity contribution < 1.29 is 14.3 Å². The molecule has 0 aliphatic heterocycles. The second kappa shape index (κ2) is 10.0. The van der Waals surface area contributed by atoms with Crippen LogP contribution in [0, 0.1) is 12.8 Å². The van der Waals surface area contributed by atoms with Gasteiger partial charge in [-0.15, -0.1) is 0 Å². The van der Waals surface area contributed by atoms with E-state index in [4.69, 9.17) is 4.74 Å². The van der Waals surface area contributed by atoms with Gasteiger partial charge in [0.05, 0.1) is 0 Å². The van der Waals surface area contributed by atoms with Gasteiger partial charge >= 0.3 is 6.09 Å². The molecule has 0 radical (unpaired) electrons. The Morgan fingerprint density at radius 3 is 2.31 bits per heavy atom. The molecule has 0 aromatic heterocycles. The van der Waals surface area contributed by atoms with Crippen LogP contribution < -0.4 is 5.32 Å². The Hall–Kier alpha value is -2.27. The van der Waals surface area contributed by atoms with Crippen molar-refractivity contribution >= 4 is 23.0 Å². The minimum Gasteiger partial charge on any atom is -0.445 e. The van der Waals surface area contributed by atoms with Crippen molar-refractivity contribution in [3.63, 3.8) is 0 Å². The zero-order valence-corrected chi connectivity index (χ0v) is 16.2. The summed E-state index contributed by atoms with van der Waals surface area (Å²) in [6.07, 6.45) is -0.00430. The summed E-state index contributed by atoms with van der Waals surface area (Å²) in [5, 5.41) is 2.63. The van der Waals surface area contributed by atoms with Crippen LogP contribution in [0.15, 0.2) is 59.5 Å². The van der Waals surface area contributed by atoms with Crippen LogP contribution in [0.4, 0.5) is 4.79 Å². The first-order valence-corrected chi connectivity index (χ1v) is 9.51. The molecule has 0 saturated heterocycles. The topological polar surface area (TPSA) is 55.4 Å². The standard InChI is InChI=1S/C21H25NO3S/c1-15(2)13-19(20(23)26-18-11-9-16(3)10-12-18)22-21(24)25-14-17-7-5-4-6-8-17/h4-12,15,19H,13-14H2,1-3H3,(H,22,24)/t19-/m0/s1. The highest BCUT2D eigenvalue weighted by Gasteiger charge is 2.23. The zero-order valence-electron chi connectivity index (χ0n) is 15.4. The highest BCUT2D eigenvalue weighted by atomic mass is 32.2. The smallest absolute Gasteiger partial charge is 0.408 e. The molecular formula is C21H25NO3S. The lowest BCUT2D eigenvalue weighted by Gasteiger charge is -2.19. The molecule has 1 amide bonds. The van der Waals surface area contributed by atoms with Gasteiger partial charge in [-0.05, 0) is 48.7 Å². The van der Waals surface area contributed by atoms with E-state index in [0.29, 0.717) is 6.42 Å². The van der Waals surface area contributed by atoms with E-state index in [1.54, 1.807) is 0 Å². The number of thioether (sulfide) groups is 1. The molecule has 2 aromatic rings. The minimum atomic E-state index is -0.579. The lowest BCUT2D eigenvalue weighted by molar-refractivity contribution is -0.113. The summed E-state index contributed by atoms with van der Waals surface area (Å²) < 4.78 is 5.24. The van der Waals surface area contributed by atoms with Gasteiger partial charge in [0.15, 0.2) is 0 Å². The molecule has 2 aromatic carbocycles. The van der Waals surface area contributed by atoms with E-state index in [-0.39, 0.29) is 17.6 Å². The van der Waals surface area contributed by atoms with Gasteiger partial charge < -0.3 is 10.1 Å². The quantitative estimate of drug-likeness (QED) is 0.699. The number of hydrogen-bond acceptors (Lipinski definition) is 4. The van der Waals surface area contributed by atoms with Crippen molar-refractivity contribution in [3.8, 4) is 0 Å². The van der Waals surface area contributed by atoms with Gasteiger partial charge in [0, 0.05) is 4.90 Å². The third-order valence-corrected chi connectivity index (χ3v) is 4.73. The number of rotatable bonds is 7. The minimum absolute atomic E-state index is 0.0841. The fraction of sp³-hybridized carbons (Fsp3) is 0.333. The van der Waals surface area contributed by atoms with Gasteiger partial charge in [0.1, 0.15) is 12.6 Å². The van der Waals surface area contributed by atoms with Crippen LogP contribution in [-0.2, 0) is 16.1 Å². The predicted octanol–water partition coefficient (Wildman–Crippen LogP) is 4.95. The van der Waals surface area contributed by atoms with E-state index < -0.39 is 12.1 Å². The molecule has 1 N–H and O–H groups in total. The SMILES string of the molecule is Cc1ccc(SC(=O)[C@H](CC(C)C)NC(=O)OCc2ccccc2)cc1. The number of aryl methyl sites for hydroxylation is 1. The van der Waals surface area contributed by atoms with Crippen molar-refractivity contribution in [2.45, 2.75) is 44.7 Å². The number of carbonyl (C=O) groups excluding carboxylic acids is 2. The Morgan fingerprint density at radius 2 is 1.69 bits per heavy atom. The molecule has 0 heterocycles. The van der Waals surface area contributed by atoms with Gasteiger partial charge in [0.2, 0.25) is 5.12 Å². The fourth-order valence-corrected chi connectivity index (χ4v) is 3.19. The summed E-state index contributed by atoms with van der Waals surface area (Å²) in [6, 6.07) is 16.6. The maximum atomic E-state index is 12.6. The van der Waals surface area contributed by atoms with E-state index >= 15 is 0 Å². The second-order valence-electron chi connectivity index (χ2n) is 6.62. The molecule has 0 unspecified atom stereocenters. The first-order chi connectivity index (χ1) is 12.4. The van der Waals surface area contributed by atoms with Crippen LogP contribution in [0.1, 0.15) is 31.4 Å². The highest BCUT2D eigenvalue weighted by molar-refractivity contribution is 8.13. The van der Waals surface area contributed by atoms with Crippen molar-refractivity contribution in [2.24, 2.45) is 5.92 Å². The number of ether oxygens (including phenoxy) is 1. The summed E-state index contributed by atoms with van der Waals surface area (Å²) in [6.45, 7) is 6.23. The fourth-order valence-electron chi connectivity index (χ4n) is 2.39. The van der Waals surface area contributed by atoms with E-state index in [9.17, 15) is 9.59 Å². The van der Waals surface area contributed by atoms with Gasteiger partial charge in [-0.25, -0.2) is 4.79 Å². The number of amides is 1. The molecule has 2 rings (SSSR count). The number of benzene rings is 2. The van der Waals surface area contributed by atoms with E-state index in [2.05, 4.69) is 5.32 Å². The van der Waals surface area contributed by atoms with Crippen molar-refractivity contribution in [1.82, 2.24) is 5.32 Å². The van der Waals surface area contributed by atoms with Crippen LogP contribution in [0.5, 0.6) is 0 Å². The Labute approximate surface area is 159 Å². The molecule has 0 spiro atoms. The van der Waals surface area contributed by atoms with Gasteiger partial charge in [-0.2, -0.15) is 0 Å². The third-order valence-electron chi connectivity index (χ3n) is 3.74. The zero-order chi connectivity index (χ0) is 18.9. The lowest BCUT2D eigenvalue weighted by atomic mass is 10.1. The Kier molecular flexibility index (Phi) is 7.73. The van der Waals surface area contributed by atoms with Gasteiger partial charge in [-0.3, -0.25) is 4.79 Å². The molecule has 4 nitrogen and oxygen atoms in total. The molecule has 1 atom stereocenters. The Morgan fingerprint density at radius 1 is 1.04 bits per heavy atom. The largest absolute Gasteiger partial charge is 0.445 e. The number of carbonyl (C=O) groups is 2. The summed E-state index contributed by atoms with van der Waals surface area (Å²) in [7, 11) is 0. The van der Waals surface area contributed by atoms with Crippen molar-refractivity contribution in [3.05, 3.63) is 65.7 Å². The van der Waals surface area contributed by atoms with Crippen LogP contribution in [0.3, 0.4) is 0 Å². The van der Waals surface area contributed by atoms with Crippen molar-refractivity contribution in [1.29, 1.82) is 0 Å². The summed E-state index contributed by atoms with van der Waals surface area (Å²) >= 11 is 1.15. The third kappa shape index (κ3) is 6.92. The molecule has 0 aliphatic carbocycles. The second-order valence-corrected chi connectivity index (χ2v) is 7.70. The first kappa shape index (κ1) is 20.0. The van der Waals surface area contributed by atoms with E-state index in [1.807, 2.05) is 75.4 Å². The normalized spacial score (nSPS) is 11.8. The molecule has 0 bridgehead atoms. The highest BCUT2D eigenvalue weighted by Crippen LogP contribution is 2.23. The van der Waals surface area contributed by atoms with Crippen LogP contribution in [0.2, 0.25) is 0 Å². The van der Waals surface area contributed by atoms with Crippen LogP contribution >= 0.6 is 11.8 Å². The van der Waals surface area contributed by atoms with E-state index in [0.717, 1.165) is 27.8 Å². The summed E-state index contributed by atoms with van der Waals surface area (Å²) in [4.78, 5) is 25.6. The number of hydrogen-bond donors (Lipinski definition) is 1. The molecular weight excluding hydrogens is 346 g/mol. The molecule has 26 heavy (non-hydrogen) atoms. The summed E-state index contributed by atoms with van der Waals surface area (Å²) in [5.74, 6) is 0.275. The average molecular weight is 372 g/mol. The first-order valence-electron chi connectivity index (χ1n) is 8.69. The number of nitrogens with one attached hydrogen (secondary N) is 1. The van der Waals surface area contributed by atoms with Gasteiger partial charge in [0.25, 0.3) is 0 Å². The van der Waals surface area contributed by atoms with Crippen LogP contribution in [-0.4, -0.2) is 17.3 Å². The Balaban J connectivity index is 1.93. The maximum absolute atomic E-state index is 12.6. The number of alkyl carbamates (subject to hydrolysis) is 1. The van der Waals surface area contributed by atoms with E-state index in [1.165, 1.54) is 0 Å². The van der Waals surface area contributed by atoms with Crippen LogP contribution in [0.25, 0.3) is 0 Å². The molecule has 0 fully saturated rings. The molecule has 0 saturated carbocycles. The monoisotopic (exact) mass is 371 g/mol. The molecule has 138 valence electrons. The average Bonchev–Trinajstić information content (AvgIpc) is 2.62. The van der Waals surface area contributed by atoms with Gasteiger partial charge in [-0.1, -0.05) is 61.9 Å². The Bertz CT molecular complexity index is 714. The summed E-state index contributed by atoms with van der Waals surface area (Å²) in [5.41, 5.74) is 2.05. The maximum Gasteiger partial charge on any atom is 0.408 e. The predicted molar refractivity (Wildman–Crippen MR) is 105 cm³/mol. The lowest BCUT2D eigenvalue weighted by Crippen LogP contribution is -2.40. The molecule has 0 aliphatic rings. The molecule has 5 heteroatoms. The van der Waals surface area contributed by atoms with Crippen molar-refractivity contribution in [2.75, 3.05) is 0 Å².